The van der Waals surface area contributed by atoms with Gasteiger partial charge in [0.1, 0.15) is 5.75 Å². The van der Waals surface area contributed by atoms with Crippen LogP contribution in [0.1, 0.15) is 31.7 Å². The normalized spacial score (nSPS) is 29.0. The molecule has 3 saturated heterocycles. The number of nitrogens with zero attached hydrogens (tertiary/aromatic N) is 2. The number of imide groups is 1. The summed E-state index contributed by atoms with van der Waals surface area (Å²) in [6.07, 6.45) is 1.93. The van der Waals surface area contributed by atoms with Gasteiger partial charge in [0.05, 0.1) is 47.0 Å². The SMILES string of the molecule is CC12CCC(CCOc3ccc(Cl)cc3)(O1)C1C(=O)N(c3ccc(C#N)c4ccccc34)C(=O)C12. The van der Waals surface area contributed by atoms with E-state index in [9.17, 15) is 14.9 Å². The van der Waals surface area contributed by atoms with Crippen molar-refractivity contribution in [3.63, 3.8) is 0 Å². The van der Waals surface area contributed by atoms with E-state index < -0.39 is 23.0 Å². The Morgan fingerprint density at radius 2 is 1.74 bits per heavy atom. The fourth-order valence-corrected chi connectivity index (χ4v) is 6.42. The first-order valence-electron chi connectivity index (χ1n) is 11.8. The van der Waals surface area contributed by atoms with Crippen molar-refractivity contribution in [2.75, 3.05) is 11.5 Å². The quantitative estimate of drug-likeness (QED) is 0.459. The Bertz CT molecular complexity index is 1410. The van der Waals surface area contributed by atoms with E-state index >= 15 is 0 Å². The van der Waals surface area contributed by atoms with Crippen LogP contribution in [0, 0.1) is 23.2 Å². The lowest BCUT2D eigenvalue weighted by molar-refractivity contribution is -0.131. The number of carbonyl (C=O) groups excluding carboxylic acids is 2. The van der Waals surface area contributed by atoms with Crippen molar-refractivity contribution < 1.29 is 19.1 Å². The van der Waals surface area contributed by atoms with E-state index in [0.29, 0.717) is 46.9 Å². The van der Waals surface area contributed by atoms with Gasteiger partial charge < -0.3 is 9.47 Å². The van der Waals surface area contributed by atoms with E-state index in [-0.39, 0.29) is 11.8 Å². The number of fused-ring (bicyclic) bond motifs is 6. The molecule has 0 radical (unpaired) electrons. The molecule has 0 spiro atoms. The number of hydrogen-bond donors (Lipinski definition) is 0. The number of ether oxygens (including phenoxy) is 2. The largest absolute Gasteiger partial charge is 0.493 e. The Hall–Kier alpha value is -3.40. The van der Waals surface area contributed by atoms with Gasteiger partial charge in [-0.25, -0.2) is 4.90 Å². The molecule has 3 aromatic carbocycles. The molecule has 3 heterocycles. The van der Waals surface area contributed by atoms with Crippen LogP contribution in [0.5, 0.6) is 5.75 Å². The van der Waals surface area contributed by atoms with Gasteiger partial charge in [-0.2, -0.15) is 5.26 Å². The first kappa shape index (κ1) is 22.1. The van der Waals surface area contributed by atoms with Crippen LogP contribution in [0.3, 0.4) is 0 Å². The van der Waals surface area contributed by atoms with Crippen LogP contribution in [-0.2, 0) is 14.3 Å². The molecule has 0 aliphatic carbocycles. The Morgan fingerprint density at radius 1 is 1.03 bits per heavy atom. The lowest BCUT2D eigenvalue weighted by atomic mass is 9.67. The summed E-state index contributed by atoms with van der Waals surface area (Å²) in [5.74, 6) is -0.853. The third-order valence-electron chi connectivity index (χ3n) is 7.88. The summed E-state index contributed by atoms with van der Waals surface area (Å²) >= 11 is 5.96. The monoisotopic (exact) mass is 486 g/mol. The van der Waals surface area contributed by atoms with E-state index in [1.807, 2.05) is 31.2 Å². The molecule has 2 bridgehead atoms. The van der Waals surface area contributed by atoms with Crippen molar-refractivity contribution in [2.24, 2.45) is 11.8 Å². The molecular weight excluding hydrogens is 464 g/mol. The number of benzene rings is 3. The van der Waals surface area contributed by atoms with Crippen LogP contribution in [0.4, 0.5) is 5.69 Å². The van der Waals surface area contributed by atoms with Gasteiger partial charge >= 0.3 is 0 Å². The summed E-state index contributed by atoms with van der Waals surface area (Å²) in [6, 6.07) is 20.1. The molecule has 0 aromatic heterocycles. The highest BCUT2D eigenvalue weighted by Crippen LogP contribution is 2.62. The Morgan fingerprint density at radius 3 is 2.49 bits per heavy atom. The minimum Gasteiger partial charge on any atom is -0.493 e. The second kappa shape index (κ2) is 7.81. The van der Waals surface area contributed by atoms with Crippen LogP contribution in [0.25, 0.3) is 10.8 Å². The molecule has 0 saturated carbocycles. The van der Waals surface area contributed by atoms with Gasteiger partial charge in [-0.1, -0.05) is 35.9 Å². The topological polar surface area (TPSA) is 79.6 Å². The zero-order chi connectivity index (χ0) is 24.4. The van der Waals surface area contributed by atoms with Gasteiger partial charge in [-0.05, 0) is 56.2 Å². The molecule has 2 amide bonds. The number of carbonyl (C=O) groups is 2. The summed E-state index contributed by atoms with van der Waals surface area (Å²) in [5.41, 5.74) is -0.390. The number of amides is 2. The number of hydrogen-bond acceptors (Lipinski definition) is 5. The van der Waals surface area contributed by atoms with Crippen LogP contribution < -0.4 is 9.64 Å². The minimum atomic E-state index is -0.740. The Kier molecular flexibility index (Phi) is 4.93. The molecule has 3 aliphatic heterocycles. The highest BCUT2D eigenvalue weighted by Gasteiger charge is 2.73. The summed E-state index contributed by atoms with van der Waals surface area (Å²) in [4.78, 5) is 29.0. The van der Waals surface area contributed by atoms with Gasteiger partial charge in [-0.15, -0.1) is 0 Å². The van der Waals surface area contributed by atoms with Gasteiger partial charge in [0.2, 0.25) is 11.8 Å². The van der Waals surface area contributed by atoms with Crippen LogP contribution in [0.2, 0.25) is 5.02 Å². The average molecular weight is 487 g/mol. The summed E-state index contributed by atoms with van der Waals surface area (Å²) < 4.78 is 12.4. The summed E-state index contributed by atoms with van der Waals surface area (Å²) in [7, 11) is 0. The average Bonchev–Trinajstić information content (AvgIpc) is 3.44. The van der Waals surface area contributed by atoms with Crippen molar-refractivity contribution in [3.8, 4) is 11.8 Å². The van der Waals surface area contributed by atoms with Crippen molar-refractivity contribution in [1.29, 1.82) is 5.26 Å². The maximum atomic E-state index is 13.9. The first-order valence-corrected chi connectivity index (χ1v) is 12.1. The van der Waals surface area contributed by atoms with E-state index in [1.165, 1.54) is 4.90 Å². The van der Waals surface area contributed by atoms with Crippen LogP contribution in [0.15, 0.2) is 60.7 Å². The Labute approximate surface area is 208 Å². The second-order valence-corrected chi connectivity index (χ2v) is 10.2. The van der Waals surface area contributed by atoms with Gasteiger partial charge in [-0.3, -0.25) is 9.59 Å². The van der Waals surface area contributed by atoms with Crippen molar-refractivity contribution in [1.82, 2.24) is 0 Å². The highest BCUT2D eigenvalue weighted by atomic mass is 35.5. The minimum absolute atomic E-state index is 0.224. The van der Waals surface area contributed by atoms with E-state index in [0.717, 1.165) is 11.8 Å². The number of halogens is 1. The molecule has 176 valence electrons. The molecule has 3 aromatic rings. The first-order chi connectivity index (χ1) is 16.9. The molecule has 4 atom stereocenters. The third kappa shape index (κ3) is 3.19. The van der Waals surface area contributed by atoms with Crippen LogP contribution in [-0.4, -0.2) is 29.6 Å². The summed E-state index contributed by atoms with van der Waals surface area (Å²) in [6.45, 7) is 2.31. The number of anilines is 1. The van der Waals surface area contributed by atoms with E-state index in [4.69, 9.17) is 21.1 Å². The standard InChI is InChI=1S/C28H23ClN2O4/c1-27-12-13-28(35-27,14-15-34-19-9-7-18(29)8-10-19)24-23(27)25(32)31(26(24)33)22-11-6-17(16-30)20-4-2-3-5-21(20)22/h2-11,23-24H,12-15H2,1H3. The Balaban J connectivity index is 1.33. The smallest absolute Gasteiger partial charge is 0.240 e. The maximum absolute atomic E-state index is 13.9. The molecule has 6 rings (SSSR count). The second-order valence-electron chi connectivity index (χ2n) is 9.79. The number of nitriles is 1. The van der Waals surface area contributed by atoms with Gasteiger partial charge in [0.25, 0.3) is 0 Å². The molecule has 6 nitrogen and oxygen atoms in total. The fraction of sp³-hybridized carbons (Fsp3) is 0.321. The number of rotatable bonds is 5. The zero-order valence-electron chi connectivity index (χ0n) is 19.2. The highest BCUT2D eigenvalue weighted by molar-refractivity contribution is 6.30. The molecule has 3 fully saturated rings. The molecule has 7 heteroatoms. The molecular formula is C28H23ClN2O4. The fourth-order valence-electron chi connectivity index (χ4n) is 6.30. The third-order valence-corrected chi connectivity index (χ3v) is 8.13. The van der Waals surface area contributed by atoms with Crippen molar-refractivity contribution in [2.45, 2.75) is 37.4 Å². The van der Waals surface area contributed by atoms with Crippen LogP contribution >= 0.6 is 11.6 Å². The van der Waals surface area contributed by atoms with Gasteiger partial charge in [0, 0.05) is 22.2 Å². The molecule has 35 heavy (non-hydrogen) atoms. The maximum Gasteiger partial charge on any atom is 0.240 e. The molecule has 4 unspecified atom stereocenters. The predicted molar refractivity (Wildman–Crippen MR) is 131 cm³/mol. The van der Waals surface area contributed by atoms with Gasteiger partial charge in [0.15, 0.2) is 0 Å². The van der Waals surface area contributed by atoms with E-state index in [1.54, 1.807) is 36.4 Å². The van der Waals surface area contributed by atoms with E-state index in [2.05, 4.69) is 6.07 Å². The summed E-state index contributed by atoms with van der Waals surface area (Å²) in [5, 5.41) is 11.6. The lowest BCUT2D eigenvalue weighted by Crippen LogP contribution is -2.43. The van der Waals surface area contributed by atoms with Crippen molar-refractivity contribution in [3.05, 3.63) is 71.2 Å². The predicted octanol–water partition coefficient (Wildman–Crippen LogP) is 5.26. The lowest BCUT2D eigenvalue weighted by Gasteiger charge is -2.31. The molecule has 0 N–H and O–H groups in total. The molecule has 3 aliphatic rings. The van der Waals surface area contributed by atoms with Crippen molar-refractivity contribution >= 4 is 39.9 Å². The zero-order valence-corrected chi connectivity index (χ0v) is 19.9.